The molecule has 0 bridgehead atoms. The van der Waals surface area contributed by atoms with Gasteiger partial charge < -0.3 is 18.9 Å². The number of fused-ring (bicyclic) bond motifs is 2. The summed E-state index contributed by atoms with van der Waals surface area (Å²) in [6.07, 6.45) is 3.87. The predicted molar refractivity (Wildman–Crippen MR) is 161 cm³/mol. The van der Waals surface area contributed by atoms with Crippen molar-refractivity contribution in [1.29, 1.82) is 0 Å². The predicted octanol–water partition coefficient (Wildman–Crippen LogP) is 5.22. The number of sulfonamides is 1. The molecule has 212 valence electrons. The van der Waals surface area contributed by atoms with Crippen LogP contribution in [0.1, 0.15) is 16.7 Å². The normalized spacial score (nSPS) is 17.0. The van der Waals surface area contributed by atoms with Crippen molar-refractivity contribution < 1.29 is 22.7 Å². The Balaban J connectivity index is 1.33. The van der Waals surface area contributed by atoms with E-state index >= 15 is 0 Å². The van der Waals surface area contributed by atoms with Crippen LogP contribution in [0.15, 0.2) is 71.8 Å². The van der Waals surface area contributed by atoms with E-state index in [4.69, 9.17) is 21.1 Å². The van der Waals surface area contributed by atoms with Gasteiger partial charge in [0, 0.05) is 59.0 Å². The van der Waals surface area contributed by atoms with E-state index in [2.05, 4.69) is 4.57 Å². The quantitative estimate of drug-likeness (QED) is 0.275. The van der Waals surface area contributed by atoms with Crippen LogP contribution in [0.5, 0.6) is 5.75 Å². The van der Waals surface area contributed by atoms with Gasteiger partial charge in [0.05, 0.1) is 30.3 Å². The lowest BCUT2D eigenvalue weighted by molar-refractivity contribution is -0.112. The molecule has 0 N–H and O–H groups in total. The van der Waals surface area contributed by atoms with Gasteiger partial charge in [-0.25, -0.2) is 8.42 Å². The molecular weight excluding hydrogens is 562 g/mol. The zero-order chi connectivity index (χ0) is 28.7. The lowest BCUT2D eigenvalue weighted by Crippen LogP contribution is -2.40. The summed E-state index contributed by atoms with van der Waals surface area (Å²) >= 11 is 6.14. The van der Waals surface area contributed by atoms with Gasteiger partial charge in [0.2, 0.25) is 10.0 Å². The van der Waals surface area contributed by atoms with Crippen molar-refractivity contribution >= 4 is 55.8 Å². The van der Waals surface area contributed by atoms with Crippen molar-refractivity contribution in [3.05, 3.63) is 88.6 Å². The molecule has 2 aliphatic heterocycles. The molecule has 4 aromatic rings. The van der Waals surface area contributed by atoms with Crippen LogP contribution in [-0.4, -0.2) is 63.2 Å². The Morgan fingerprint density at radius 1 is 1.05 bits per heavy atom. The van der Waals surface area contributed by atoms with E-state index < -0.39 is 10.0 Å². The third kappa shape index (κ3) is 5.15. The number of likely N-dealkylation sites (N-methyl/N-ethyl adjacent to an activating group) is 1. The van der Waals surface area contributed by atoms with Gasteiger partial charge in [-0.15, -0.1) is 0 Å². The van der Waals surface area contributed by atoms with Gasteiger partial charge in [-0.2, -0.15) is 4.31 Å². The Bertz CT molecular complexity index is 1790. The lowest BCUT2D eigenvalue weighted by Gasteiger charge is -2.26. The van der Waals surface area contributed by atoms with Gasteiger partial charge in [0.25, 0.3) is 5.91 Å². The number of carbonyl (C=O) groups excluding carboxylic acids is 1. The fourth-order valence-corrected chi connectivity index (χ4v) is 6.92. The molecule has 3 aromatic carbocycles. The molecule has 3 heterocycles. The Morgan fingerprint density at radius 3 is 2.61 bits per heavy atom. The minimum atomic E-state index is -3.71. The number of aromatic nitrogens is 1. The van der Waals surface area contributed by atoms with Crippen molar-refractivity contribution in [2.45, 2.75) is 18.4 Å². The van der Waals surface area contributed by atoms with Gasteiger partial charge in [-0.05, 0) is 61.0 Å². The molecule has 0 atom stereocenters. The number of ether oxygens (including phenoxy) is 2. The number of benzene rings is 3. The number of anilines is 1. The summed E-state index contributed by atoms with van der Waals surface area (Å²) in [6.45, 7) is 4.33. The second kappa shape index (κ2) is 11.0. The number of carbonyl (C=O) groups is 1. The first-order valence-electron chi connectivity index (χ1n) is 13.4. The Hall–Kier alpha value is -3.63. The summed E-state index contributed by atoms with van der Waals surface area (Å²) in [5.74, 6) is 0.573. The van der Waals surface area contributed by atoms with E-state index in [9.17, 15) is 13.2 Å². The molecular formula is C31H30ClN3O5S. The van der Waals surface area contributed by atoms with Gasteiger partial charge in [-0.3, -0.25) is 4.79 Å². The second-order valence-corrected chi connectivity index (χ2v) is 12.5. The summed E-state index contributed by atoms with van der Waals surface area (Å²) in [7, 11) is -2.01. The molecule has 0 saturated carbocycles. The number of aryl methyl sites for hydroxylation is 1. The number of hydrogen-bond acceptors (Lipinski definition) is 5. The van der Waals surface area contributed by atoms with Crippen molar-refractivity contribution in [3.63, 3.8) is 0 Å². The number of nitrogens with zero attached hydrogens (tertiary/aromatic N) is 3. The van der Waals surface area contributed by atoms with E-state index in [1.807, 2.05) is 61.7 Å². The smallest absolute Gasteiger partial charge is 0.258 e. The molecule has 0 aliphatic carbocycles. The average molecular weight is 592 g/mol. The maximum Gasteiger partial charge on any atom is 0.258 e. The first-order valence-corrected chi connectivity index (χ1v) is 15.2. The third-order valence-corrected chi connectivity index (χ3v) is 9.93. The Labute approximate surface area is 244 Å². The van der Waals surface area contributed by atoms with Crippen LogP contribution in [0.25, 0.3) is 22.6 Å². The van der Waals surface area contributed by atoms with Crippen LogP contribution in [0.4, 0.5) is 5.69 Å². The van der Waals surface area contributed by atoms with Gasteiger partial charge in [0.1, 0.15) is 12.4 Å². The topological polar surface area (TPSA) is 81.1 Å². The number of rotatable bonds is 7. The summed E-state index contributed by atoms with van der Waals surface area (Å²) in [5, 5.41) is 1.69. The van der Waals surface area contributed by atoms with Crippen molar-refractivity contribution in [2.24, 2.45) is 0 Å². The molecule has 41 heavy (non-hydrogen) atoms. The summed E-state index contributed by atoms with van der Waals surface area (Å²) in [5.41, 5.74) is 4.57. The highest BCUT2D eigenvalue weighted by atomic mass is 35.5. The van der Waals surface area contributed by atoms with E-state index in [1.54, 1.807) is 30.1 Å². The summed E-state index contributed by atoms with van der Waals surface area (Å²) in [6, 6.07) is 18.5. The van der Waals surface area contributed by atoms with Crippen LogP contribution in [0, 0.1) is 6.92 Å². The zero-order valence-electron chi connectivity index (χ0n) is 22.8. The summed E-state index contributed by atoms with van der Waals surface area (Å²) < 4.78 is 41.6. The molecule has 0 spiro atoms. The average Bonchev–Trinajstić information content (AvgIpc) is 3.45. The first kappa shape index (κ1) is 27.5. The molecule has 8 nitrogen and oxygen atoms in total. The monoisotopic (exact) mass is 591 g/mol. The maximum atomic E-state index is 13.4. The standard InChI is InChI=1S/C31H30ClN3O5S/c1-21-17-23(7-9-28(21)32)40-16-11-34-20-22(25-5-3-4-6-30(25)34)18-27-26-19-24(8-10-29(26)33(2)31(27)36)41(37,38)35-12-14-39-15-13-35/h3-10,17-20H,11-16H2,1-2H3. The molecule has 2 aliphatic rings. The van der Waals surface area contributed by atoms with Gasteiger partial charge in [0.15, 0.2) is 0 Å². The van der Waals surface area contributed by atoms with E-state index in [-0.39, 0.29) is 10.8 Å². The highest BCUT2D eigenvalue weighted by Crippen LogP contribution is 2.39. The van der Waals surface area contributed by atoms with Crippen LogP contribution in [0.3, 0.4) is 0 Å². The second-order valence-electron chi connectivity index (χ2n) is 10.2. The molecule has 10 heteroatoms. The number of morpholine rings is 1. The fraction of sp³-hybridized carbons (Fsp3) is 0.258. The van der Waals surface area contributed by atoms with Crippen molar-refractivity contribution in [3.8, 4) is 5.75 Å². The fourth-order valence-electron chi connectivity index (χ4n) is 5.36. The first-order chi connectivity index (χ1) is 19.7. The highest BCUT2D eigenvalue weighted by Gasteiger charge is 2.33. The van der Waals surface area contributed by atoms with Crippen molar-refractivity contribution in [1.82, 2.24) is 8.87 Å². The lowest BCUT2D eigenvalue weighted by atomic mass is 10.0. The molecule has 6 rings (SSSR count). The number of halogens is 1. The minimum absolute atomic E-state index is 0.171. The van der Waals surface area contributed by atoms with Crippen molar-refractivity contribution in [2.75, 3.05) is 44.9 Å². The molecule has 1 fully saturated rings. The van der Waals surface area contributed by atoms with E-state index in [1.165, 1.54) is 4.31 Å². The molecule has 1 amide bonds. The number of hydrogen-bond donors (Lipinski definition) is 0. The molecule has 0 radical (unpaired) electrons. The zero-order valence-corrected chi connectivity index (χ0v) is 24.4. The molecule has 0 unspecified atom stereocenters. The van der Waals surface area contributed by atoms with Crippen LogP contribution in [0.2, 0.25) is 5.02 Å². The Kier molecular flexibility index (Phi) is 7.37. The molecule has 1 saturated heterocycles. The van der Waals surface area contributed by atoms with Crippen LogP contribution >= 0.6 is 11.6 Å². The number of amides is 1. The van der Waals surface area contributed by atoms with Crippen LogP contribution in [-0.2, 0) is 26.1 Å². The van der Waals surface area contributed by atoms with E-state index in [0.717, 1.165) is 27.8 Å². The minimum Gasteiger partial charge on any atom is -0.492 e. The SMILES string of the molecule is Cc1cc(OCCn2cc(C=C3C(=O)N(C)c4ccc(S(=O)(=O)N5CCOCC5)cc43)c3ccccc32)ccc1Cl. The third-order valence-electron chi connectivity index (χ3n) is 7.61. The largest absolute Gasteiger partial charge is 0.492 e. The summed E-state index contributed by atoms with van der Waals surface area (Å²) in [4.78, 5) is 15.1. The highest BCUT2D eigenvalue weighted by molar-refractivity contribution is 7.89. The van der Waals surface area contributed by atoms with Crippen LogP contribution < -0.4 is 9.64 Å². The van der Waals surface area contributed by atoms with E-state index in [0.29, 0.717) is 61.3 Å². The maximum absolute atomic E-state index is 13.4. The number of para-hydroxylation sites is 1. The van der Waals surface area contributed by atoms with Gasteiger partial charge in [-0.1, -0.05) is 29.8 Å². The molecule has 1 aromatic heterocycles. The van der Waals surface area contributed by atoms with Gasteiger partial charge >= 0.3 is 0 Å². The Morgan fingerprint density at radius 2 is 1.83 bits per heavy atom.